The zero-order chi connectivity index (χ0) is 19.5. The van der Waals surface area contributed by atoms with Gasteiger partial charge >= 0.3 is 0 Å². The Morgan fingerprint density at radius 2 is 1.85 bits per heavy atom. The second kappa shape index (κ2) is 11.7. The average molecular weight is 377 g/mol. The zero-order valence-electron chi connectivity index (χ0n) is 17.3. The highest BCUT2D eigenvalue weighted by molar-refractivity contribution is 5.80. The third-order valence-electron chi connectivity index (χ3n) is 4.85. The molecular weight excluding hydrogens is 340 g/mol. The van der Waals surface area contributed by atoms with Crippen molar-refractivity contribution in [2.24, 2.45) is 4.99 Å². The Morgan fingerprint density at radius 1 is 1.19 bits per heavy atom. The van der Waals surface area contributed by atoms with Crippen molar-refractivity contribution >= 4 is 5.96 Å². The van der Waals surface area contributed by atoms with Gasteiger partial charge in [0.2, 0.25) is 0 Å². The molecule has 0 bridgehead atoms. The molecule has 0 saturated carbocycles. The lowest BCUT2D eigenvalue weighted by molar-refractivity contribution is 0.167. The number of guanidine groups is 1. The first kappa shape index (κ1) is 21.4. The second-order valence-corrected chi connectivity index (χ2v) is 7.19. The highest BCUT2D eigenvalue weighted by atomic mass is 16.5. The molecule has 0 atom stereocenters. The first-order valence-electron chi connectivity index (χ1n) is 10.2. The number of benzene rings is 1. The van der Waals surface area contributed by atoms with E-state index in [9.17, 15) is 0 Å². The summed E-state index contributed by atoms with van der Waals surface area (Å²) in [6.07, 6.45) is 3.22. The lowest BCUT2D eigenvalue weighted by Gasteiger charge is -2.35. The fourth-order valence-corrected chi connectivity index (χ4v) is 3.19. The number of aliphatic imine (C=N–C) groups is 1. The van der Waals surface area contributed by atoms with E-state index in [-0.39, 0.29) is 0 Å². The third-order valence-corrected chi connectivity index (χ3v) is 4.85. The van der Waals surface area contributed by atoms with Gasteiger partial charge in [-0.2, -0.15) is 0 Å². The number of methoxy groups -OCH3 is 1. The van der Waals surface area contributed by atoms with E-state index in [1.54, 1.807) is 7.11 Å². The lowest BCUT2D eigenvalue weighted by Crippen LogP contribution is -2.49. The highest BCUT2D eigenvalue weighted by Crippen LogP contribution is 2.17. The van der Waals surface area contributed by atoms with Crippen LogP contribution in [0.4, 0.5) is 0 Å². The average Bonchev–Trinajstić information content (AvgIpc) is 2.68. The topological polar surface area (TPSA) is 58.1 Å². The molecule has 2 rings (SSSR count). The maximum atomic E-state index is 5.76. The van der Waals surface area contributed by atoms with Gasteiger partial charge in [-0.3, -0.25) is 4.99 Å². The number of rotatable bonds is 9. The predicted octanol–water partition coefficient (Wildman–Crippen LogP) is 2.89. The number of piperidine rings is 1. The van der Waals surface area contributed by atoms with Crippen LogP contribution in [-0.4, -0.2) is 62.8 Å². The van der Waals surface area contributed by atoms with Crippen LogP contribution < -0.4 is 20.1 Å². The van der Waals surface area contributed by atoms with Gasteiger partial charge < -0.3 is 25.0 Å². The molecule has 0 aromatic heterocycles. The van der Waals surface area contributed by atoms with Crippen LogP contribution in [0.5, 0.6) is 11.5 Å². The smallest absolute Gasteiger partial charge is 0.191 e. The molecule has 152 valence electrons. The highest BCUT2D eigenvalue weighted by Gasteiger charge is 2.21. The van der Waals surface area contributed by atoms with Crippen LogP contribution in [0.25, 0.3) is 0 Å². The molecule has 27 heavy (non-hydrogen) atoms. The van der Waals surface area contributed by atoms with E-state index in [4.69, 9.17) is 14.5 Å². The molecule has 1 fully saturated rings. The van der Waals surface area contributed by atoms with Crippen molar-refractivity contribution in [3.8, 4) is 11.5 Å². The first-order valence-corrected chi connectivity index (χ1v) is 10.2. The monoisotopic (exact) mass is 376 g/mol. The number of hydrogen-bond acceptors (Lipinski definition) is 4. The van der Waals surface area contributed by atoms with E-state index in [2.05, 4.69) is 36.3 Å². The fraction of sp³-hybridized carbons (Fsp3) is 0.667. The molecule has 0 unspecified atom stereocenters. The molecule has 1 aliphatic heterocycles. The molecule has 0 spiro atoms. The third kappa shape index (κ3) is 7.67. The van der Waals surface area contributed by atoms with Crippen molar-refractivity contribution in [3.63, 3.8) is 0 Å². The summed E-state index contributed by atoms with van der Waals surface area (Å²) < 4.78 is 10.9. The van der Waals surface area contributed by atoms with E-state index >= 15 is 0 Å². The summed E-state index contributed by atoms with van der Waals surface area (Å²) in [4.78, 5) is 7.24. The summed E-state index contributed by atoms with van der Waals surface area (Å²) >= 11 is 0. The number of ether oxygens (including phenoxy) is 2. The van der Waals surface area contributed by atoms with Gasteiger partial charge in [0.15, 0.2) is 5.96 Å². The summed E-state index contributed by atoms with van der Waals surface area (Å²) in [7, 11) is 1.66. The molecule has 1 heterocycles. The lowest BCUT2D eigenvalue weighted by atomic mass is 10.0. The quantitative estimate of drug-likeness (QED) is 0.394. The minimum absolute atomic E-state index is 0.508. The molecule has 0 aliphatic carbocycles. The number of likely N-dealkylation sites (tertiary alicyclic amines) is 1. The van der Waals surface area contributed by atoms with E-state index in [0.29, 0.717) is 18.7 Å². The Morgan fingerprint density at radius 3 is 2.44 bits per heavy atom. The van der Waals surface area contributed by atoms with Crippen LogP contribution in [0.1, 0.15) is 40.0 Å². The molecular formula is C21H36N4O2. The standard InChI is InChI=1S/C21H36N4O2/c1-5-22-21(24-18-11-14-25(15-12-18)17(2)3)23-13-6-16-27-20-9-7-19(26-4)8-10-20/h7-10,17-18H,5-6,11-16H2,1-4H3,(H2,22,23,24). The van der Waals surface area contributed by atoms with Crippen molar-refractivity contribution in [3.05, 3.63) is 24.3 Å². The van der Waals surface area contributed by atoms with Gasteiger partial charge in [-0.15, -0.1) is 0 Å². The van der Waals surface area contributed by atoms with Gasteiger partial charge in [0, 0.05) is 44.7 Å². The van der Waals surface area contributed by atoms with E-state index in [1.807, 2.05) is 24.3 Å². The van der Waals surface area contributed by atoms with Crippen LogP contribution in [0.15, 0.2) is 29.3 Å². The Hall–Kier alpha value is -1.95. The number of nitrogens with zero attached hydrogens (tertiary/aromatic N) is 2. The zero-order valence-corrected chi connectivity index (χ0v) is 17.3. The molecule has 1 saturated heterocycles. The van der Waals surface area contributed by atoms with Crippen LogP contribution in [0.3, 0.4) is 0 Å². The van der Waals surface area contributed by atoms with Gasteiger partial charge in [-0.05, 0) is 57.9 Å². The molecule has 1 aromatic rings. The minimum Gasteiger partial charge on any atom is -0.497 e. The van der Waals surface area contributed by atoms with Gasteiger partial charge in [-0.1, -0.05) is 0 Å². The molecule has 6 heteroatoms. The molecule has 0 radical (unpaired) electrons. The van der Waals surface area contributed by atoms with Crippen molar-refractivity contribution in [1.29, 1.82) is 0 Å². The van der Waals surface area contributed by atoms with Crippen molar-refractivity contribution in [2.75, 3.05) is 39.9 Å². The van der Waals surface area contributed by atoms with Gasteiger partial charge in [-0.25, -0.2) is 0 Å². The Kier molecular flexibility index (Phi) is 9.25. The number of hydrogen-bond donors (Lipinski definition) is 2. The largest absolute Gasteiger partial charge is 0.497 e. The van der Waals surface area contributed by atoms with E-state index in [0.717, 1.165) is 50.1 Å². The fourth-order valence-electron chi connectivity index (χ4n) is 3.19. The Balaban J connectivity index is 1.69. The van der Waals surface area contributed by atoms with E-state index in [1.165, 1.54) is 12.8 Å². The van der Waals surface area contributed by atoms with Crippen molar-refractivity contribution in [2.45, 2.75) is 52.1 Å². The molecule has 2 N–H and O–H groups in total. The van der Waals surface area contributed by atoms with E-state index < -0.39 is 0 Å². The Bertz CT molecular complexity index is 552. The normalized spacial score (nSPS) is 16.4. The minimum atomic E-state index is 0.508. The van der Waals surface area contributed by atoms with Crippen LogP contribution in [0.2, 0.25) is 0 Å². The summed E-state index contributed by atoms with van der Waals surface area (Å²) in [6, 6.07) is 8.82. The summed E-state index contributed by atoms with van der Waals surface area (Å²) in [5.74, 6) is 2.62. The maximum absolute atomic E-state index is 5.76. The molecule has 6 nitrogen and oxygen atoms in total. The van der Waals surface area contributed by atoms with Gasteiger partial charge in [0.05, 0.1) is 13.7 Å². The number of nitrogens with one attached hydrogen (secondary N) is 2. The van der Waals surface area contributed by atoms with Crippen LogP contribution in [-0.2, 0) is 0 Å². The first-order chi connectivity index (χ1) is 13.1. The summed E-state index contributed by atoms with van der Waals surface area (Å²) in [5.41, 5.74) is 0. The summed E-state index contributed by atoms with van der Waals surface area (Å²) in [6.45, 7) is 11.2. The van der Waals surface area contributed by atoms with Crippen LogP contribution >= 0.6 is 0 Å². The molecule has 1 aromatic carbocycles. The maximum Gasteiger partial charge on any atom is 0.191 e. The van der Waals surface area contributed by atoms with Gasteiger partial charge in [0.25, 0.3) is 0 Å². The summed E-state index contributed by atoms with van der Waals surface area (Å²) in [5, 5.41) is 6.95. The SMILES string of the molecule is CCNC(=NCCCOc1ccc(OC)cc1)NC1CCN(C(C)C)CC1. The molecule has 0 amide bonds. The van der Waals surface area contributed by atoms with Crippen molar-refractivity contribution < 1.29 is 9.47 Å². The van der Waals surface area contributed by atoms with Crippen molar-refractivity contribution in [1.82, 2.24) is 15.5 Å². The second-order valence-electron chi connectivity index (χ2n) is 7.19. The Labute approximate surface area is 164 Å². The molecule has 1 aliphatic rings. The van der Waals surface area contributed by atoms with Crippen LogP contribution in [0, 0.1) is 0 Å². The predicted molar refractivity (Wildman–Crippen MR) is 112 cm³/mol. The van der Waals surface area contributed by atoms with Gasteiger partial charge in [0.1, 0.15) is 11.5 Å².